The monoisotopic (exact) mass is 421 g/mol. The average Bonchev–Trinajstić information content (AvgIpc) is 3.23. The molecule has 7 heteroatoms. The van der Waals surface area contributed by atoms with Gasteiger partial charge < -0.3 is 10.2 Å². The number of rotatable bonds is 7. The summed E-state index contributed by atoms with van der Waals surface area (Å²) >= 11 is 0. The molecule has 1 aliphatic carbocycles. The average molecular weight is 422 g/mol. The third kappa shape index (κ3) is 5.31. The van der Waals surface area contributed by atoms with Gasteiger partial charge in [0.2, 0.25) is 15.9 Å². The summed E-state index contributed by atoms with van der Waals surface area (Å²) in [4.78, 5) is 15.0. The minimum atomic E-state index is -3.70. The van der Waals surface area contributed by atoms with E-state index in [1.54, 1.807) is 6.07 Å². The van der Waals surface area contributed by atoms with Gasteiger partial charge in [0.15, 0.2) is 0 Å². The van der Waals surface area contributed by atoms with Gasteiger partial charge in [-0.05, 0) is 70.6 Å². The zero-order valence-corrected chi connectivity index (χ0v) is 18.7. The number of sulfonamides is 1. The predicted octanol–water partition coefficient (Wildman–Crippen LogP) is 4.27. The van der Waals surface area contributed by atoms with Crippen LogP contribution in [0.5, 0.6) is 0 Å². The first-order chi connectivity index (χ1) is 13.8. The van der Waals surface area contributed by atoms with Crippen molar-refractivity contribution in [2.75, 3.05) is 16.8 Å². The predicted molar refractivity (Wildman–Crippen MR) is 118 cm³/mol. The smallest absolute Gasteiger partial charge is 0.242 e. The number of nitrogens with one attached hydrogen (secondary N) is 2. The van der Waals surface area contributed by atoms with E-state index in [4.69, 9.17) is 0 Å². The number of anilines is 2. The minimum absolute atomic E-state index is 0.000163. The Hall–Kier alpha value is -1.60. The maximum atomic E-state index is 13.2. The van der Waals surface area contributed by atoms with Gasteiger partial charge >= 0.3 is 0 Å². The number of benzene rings is 1. The van der Waals surface area contributed by atoms with Crippen LogP contribution in [0.15, 0.2) is 23.1 Å². The van der Waals surface area contributed by atoms with Crippen molar-refractivity contribution in [2.24, 2.45) is 5.92 Å². The topological polar surface area (TPSA) is 78.5 Å². The van der Waals surface area contributed by atoms with Gasteiger partial charge in [-0.15, -0.1) is 0 Å². The third-order valence-corrected chi connectivity index (χ3v) is 7.94. The van der Waals surface area contributed by atoms with Crippen LogP contribution >= 0.6 is 0 Å². The Bertz CT molecular complexity index is 819. The molecule has 162 valence electrons. The van der Waals surface area contributed by atoms with Crippen molar-refractivity contribution in [3.8, 4) is 0 Å². The zero-order valence-electron chi connectivity index (χ0n) is 17.9. The summed E-state index contributed by atoms with van der Waals surface area (Å²) in [6.45, 7) is 6.82. The second kappa shape index (κ2) is 9.47. The lowest BCUT2D eigenvalue weighted by atomic mass is 10.0. The second-order valence-corrected chi connectivity index (χ2v) is 10.3. The van der Waals surface area contributed by atoms with Crippen LogP contribution in [0.25, 0.3) is 0 Å². The van der Waals surface area contributed by atoms with Gasteiger partial charge in [-0.1, -0.05) is 19.8 Å². The molecule has 2 N–H and O–H groups in total. The Kier molecular flexibility index (Phi) is 7.22. The maximum Gasteiger partial charge on any atom is 0.242 e. The number of carbonyl (C=O) groups excluding carboxylic acids is 1. The van der Waals surface area contributed by atoms with Crippen molar-refractivity contribution >= 4 is 27.3 Å². The van der Waals surface area contributed by atoms with Gasteiger partial charge in [0, 0.05) is 30.2 Å². The summed E-state index contributed by atoms with van der Waals surface area (Å²) in [6.07, 6.45) is 7.99. The summed E-state index contributed by atoms with van der Waals surface area (Å²) < 4.78 is 29.2. The third-order valence-electron chi connectivity index (χ3n) is 6.32. The van der Waals surface area contributed by atoms with Crippen LogP contribution in [-0.2, 0) is 14.8 Å². The van der Waals surface area contributed by atoms with Crippen LogP contribution in [-0.4, -0.2) is 33.0 Å². The molecule has 1 aromatic carbocycles. The van der Waals surface area contributed by atoms with Gasteiger partial charge in [-0.3, -0.25) is 4.79 Å². The molecule has 2 unspecified atom stereocenters. The van der Waals surface area contributed by atoms with Crippen LogP contribution in [0.2, 0.25) is 0 Å². The fourth-order valence-corrected chi connectivity index (χ4v) is 5.91. The summed E-state index contributed by atoms with van der Waals surface area (Å²) in [6, 6.07) is 5.47. The van der Waals surface area contributed by atoms with E-state index < -0.39 is 10.0 Å². The van der Waals surface area contributed by atoms with Crippen LogP contribution in [0.1, 0.15) is 72.1 Å². The molecule has 29 heavy (non-hydrogen) atoms. The maximum absolute atomic E-state index is 13.2. The van der Waals surface area contributed by atoms with Crippen molar-refractivity contribution in [3.05, 3.63) is 18.2 Å². The second-order valence-electron chi connectivity index (χ2n) is 8.62. The molecule has 1 aromatic rings. The van der Waals surface area contributed by atoms with Crippen LogP contribution in [0, 0.1) is 5.92 Å². The highest BCUT2D eigenvalue weighted by molar-refractivity contribution is 7.89. The largest absolute Gasteiger partial charge is 0.368 e. The highest BCUT2D eigenvalue weighted by atomic mass is 32.2. The van der Waals surface area contributed by atoms with Gasteiger partial charge in [0.25, 0.3) is 0 Å². The van der Waals surface area contributed by atoms with Crippen molar-refractivity contribution in [3.63, 3.8) is 0 Å². The number of nitrogens with zero attached hydrogens (tertiary/aromatic N) is 1. The fourth-order valence-electron chi connectivity index (χ4n) is 4.34. The van der Waals surface area contributed by atoms with E-state index in [1.165, 1.54) is 6.42 Å². The Morgan fingerprint density at radius 2 is 1.86 bits per heavy atom. The highest BCUT2D eigenvalue weighted by Crippen LogP contribution is 2.34. The number of piperidine rings is 1. The number of carbonyl (C=O) groups is 1. The van der Waals surface area contributed by atoms with E-state index in [0.29, 0.717) is 18.2 Å². The lowest BCUT2D eigenvalue weighted by Gasteiger charge is -2.36. The molecular weight excluding hydrogens is 386 g/mol. The number of hydrogen-bond donors (Lipinski definition) is 2. The van der Waals surface area contributed by atoms with Crippen molar-refractivity contribution in [1.29, 1.82) is 0 Å². The van der Waals surface area contributed by atoms with Crippen molar-refractivity contribution < 1.29 is 13.2 Å². The zero-order chi connectivity index (χ0) is 21.0. The van der Waals surface area contributed by atoms with E-state index in [0.717, 1.165) is 50.8 Å². The fraction of sp³-hybridized carbons (Fsp3) is 0.682. The number of hydrogen-bond acceptors (Lipinski definition) is 4. The molecule has 0 spiro atoms. The van der Waals surface area contributed by atoms with E-state index in [-0.39, 0.29) is 22.8 Å². The molecule has 1 saturated heterocycles. The molecule has 2 fully saturated rings. The van der Waals surface area contributed by atoms with Crippen molar-refractivity contribution in [2.45, 2.75) is 89.1 Å². The SMILES string of the molecule is CCC(C)NS(=O)(=O)c1cc(NC(=O)C2CCCC2)ccc1N1CCCCC1C. The lowest BCUT2D eigenvalue weighted by molar-refractivity contribution is -0.119. The van der Waals surface area contributed by atoms with Gasteiger partial charge in [-0.25, -0.2) is 13.1 Å². The molecule has 1 heterocycles. The highest BCUT2D eigenvalue weighted by Gasteiger charge is 2.28. The van der Waals surface area contributed by atoms with Crippen LogP contribution in [0.4, 0.5) is 11.4 Å². The Morgan fingerprint density at radius 1 is 1.17 bits per heavy atom. The number of amides is 1. The molecule has 2 atom stereocenters. The van der Waals surface area contributed by atoms with E-state index in [2.05, 4.69) is 21.9 Å². The molecule has 1 saturated carbocycles. The molecular formula is C22H35N3O3S. The molecule has 1 aliphatic heterocycles. The molecule has 0 radical (unpaired) electrons. The summed E-state index contributed by atoms with van der Waals surface area (Å²) in [7, 11) is -3.70. The lowest BCUT2D eigenvalue weighted by Crippen LogP contribution is -2.39. The van der Waals surface area contributed by atoms with Crippen molar-refractivity contribution in [1.82, 2.24) is 4.72 Å². The first-order valence-electron chi connectivity index (χ1n) is 11.1. The van der Waals surface area contributed by atoms with Crippen LogP contribution < -0.4 is 14.9 Å². The van der Waals surface area contributed by atoms with Gasteiger partial charge in [0.05, 0.1) is 5.69 Å². The quantitative estimate of drug-likeness (QED) is 0.689. The summed E-state index contributed by atoms with van der Waals surface area (Å²) in [5.41, 5.74) is 1.28. The normalized spacial score (nSPS) is 21.9. The minimum Gasteiger partial charge on any atom is -0.368 e. The molecule has 3 rings (SSSR count). The molecule has 0 aromatic heterocycles. The van der Waals surface area contributed by atoms with E-state index >= 15 is 0 Å². The molecule has 1 amide bonds. The van der Waals surface area contributed by atoms with Gasteiger partial charge in [0.1, 0.15) is 4.90 Å². The first-order valence-corrected chi connectivity index (χ1v) is 12.5. The van der Waals surface area contributed by atoms with E-state index in [9.17, 15) is 13.2 Å². The Balaban J connectivity index is 1.94. The standard InChI is InChI=1S/C22H35N3O3S/c1-4-16(2)24-29(27,28)21-15-19(23-22(26)18-10-5-6-11-18)12-13-20(21)25-14-8-7-9-17(25)3/h12-13,15-18,24H,4-11,14H2,1-3H3,(H,23,26). The Labute approximate surface area is 175 Å². The van der Waals surface area contributed by atoms with E-state index in [1.807, 2.05) is 26.0 Å². The first kappa shape index (κ1) is 22.1. The summed E-state index contributed by atoms with van der Waals surface area (Å²) in [5, 5.41) is 2.96. The van der Waals surface area contributed by atoms with Gasteiger partial charge in [-0.2, -0.15) is 0 Å². The molecule has 0 bridgehead atoms. The molecule has 6 nitrogen and oxygen atoms in total. The molecule has 2 aliphatic rings. The van der Waals surface area contributed by atoms with Crippen LogP contribution in [0.3, 0.4) is 0 Å². The Morgan fingerprint density at radius 3 is 2.52 bits per heavy atom. The summed E-state index contributed by atoms with van der Waals surface area (Å²) in [5.74, 6) is 0.0370.